The lowest BCUT2D eigenvalue weighted by molar-refractivity contribution is 0.334. The van der Waals surface area contributed by atoms with Crippen LogP contribution >= 0.6 is 0 Å². The molecule has 0 spiro atoms. The van der Waals surface area contributed by atoms with E-state index in [4.69, 9.17) is 5.10 Å². The van der Waals surface area contributed by atoms with Gasteiger partial charge in [0.1, 0.15) is 5.69 Å². The summed E-state index contributed by atoms with van der Waals surface area (Å²) in [5.74, 6) is 0.794. The molecule has 3 heteroatoms. The molecule has 0 aliphatic rings. The van der Waals surface area contributed by atoms with Crippen LogP contribution in [0.3, 0.4) is 0 Å². The van der Waals surface area contributed by atoms with Crippen LogP contribution in [0.25, 0.3) is 11.3 Å². The van der Waals surface area contributed by atoms with Gasteiger partial charge in [0.2, 0.25) is 0 Å². The Hall–Kier alpha value is -1.77. The molecular weight excluding hydrogens is 260 g/mol. The third kappa shape index (κ3) is 3.29. The molecule has 0 atom stereocenters. The summed E-state index contributed by atoms with van der Waals surface area (Å²) in [5, 5.41) is 15.4. The second kappa shape index (κ2) is 5.55. The summed E-state index contributed by atoms with van der Waals surface area (Å²) in [7, 11) is 0. The number of aromatic nitrogens is 2. The third-order valence-electron chi connectivity index (χ3n) is 3.52. The SMILES string of the molecule is Cc1ccc(-c2nn(C(C)(C)C)c(CC(C)C)c2O)cc1. The lowest BCUT2D eigenvalue weighted by Crippen LogP contribution is -2.26. The van der Waals surface area contributed by atoms with Crippen LogP contribution in [0.15, 0.2) is 24.3 Å². The zero-order valence-electron chi connectivity index (χ0n) is 13.9. The highest BCUT2D eigenvalue weighted by Crippen LogP contribution is 2.35. The topological polar surface area (TPSA) is 38.0 Å². The van der Waals surface area contributed by atoms with Gasteiger partial charge in [-0.1, -0.05) is 43.7 Å². The molecule has 0 aliphatic carbocycles. The molecule has 0 bridgehead atoms. The normalized spacial score (nSPS) is 12.1. The zero-order valence-corrected chi connectivity index (χ0v) is 13.9. The molecule has 0 aliphatic heterocycles. The molecule has 0 radical (unpaired) electrons. The summed E-state index contributed by atoms with van der Waals surface area (Å²) in [6.07, 6.45) is 0.821. The van der Waals surface area contributed by atoms with Crippen molar-refractivity contribution in [3.8, 4) is 17.0 Å². The van der Waals surface area contributed by atoms with Gasteiger partial charge < -0.3 is 5.11 Å². The predicted molar refractivity (Wildman–Crippen MR) is 87.6 cm³/mol. The first kappa shape index (κ1) is 15.6. The molecule has 0 fully saturated rings. The highest BCUT2D eigenvalue weighted by atomic mass is 16.3. The highest BCUT2D eigenvalue weighted by Gasteiger charge is 2.25. The maximum Gasteiger partial charge on any atom is 0.165 e. The van der Waals surface area contributed by atoms with Crippen molar-refractivity contribution in [2.24, 2.45) is 5.92 Å². The quantitative estimate of drug-likeness (QED) is 0.901. The van der Waals surface area contributed by atoms with E-state index in [1.54, 1.807) is 0 Å². The van der Waals surface area contributed by atoms with E-state index < -0.39 is 0 Å². The molecule has 1 aromatic carbocycles. The lowest BCUT2D eigenvalue weighted by Gasteiger charge is -2.23. The first-order chi connectivity index (χ1) is 9.70. The smallest absolute Gasteiger partial charge is 0.165 e. The minimum absolute atomic E-state index is 0.148. The highest BCUT2D eigenvalue weighted by molar-refractivity contribution is 5.67. The second-order valence-electron chi connectivity index (χ2n) is 7.19. The molecule has 1 aromatic heterocycles. The molecule has 0 saturated heterocycles. The monoisotopic (exact) mass is 286 g/mol. The maximum absolute atomic E-state index is 10.7. The Morgan fingerprint density at radius 2 is 1.71 bits per heavy atom. The minimum Gasteiger partial charge on any atom is -0.504 e. The van der Waals surface area contributed by atoms with Crippen LogP contribution in [0.1, 0.15) is 45.9 Å². The van der Waals surface area contributed by atoms with Gasteiger partial charge in [0.15, 0.2) is 5.75 Å². The number of benzene rings is 1. The van der Waals surface area contributed by atoms with E-state index in [-0.39, 0.29) is 5.54 Å². The van der Waals surface area contributed by atoms with Gasteiger partial charge in [0, 0.05) is 5.56 Å². The molecule has 0 unspecified atom stereocenters. The first-order valence-corrected chi connectivity index (χ1v) is 7.58. The fourth-order valence-electron chi connectivity index (χ4n) is 2.48. The first-order valence-electron chi connectivity index (χ1n) is 7.58. The van der Waals surface area contributed by atoms with Crippen molar-refractivity contribution >= 4 is 0 Å². The van der Waals surface area contributed by atoms with Gasteiger partial charge in [-0.15, -0.1) is 0 Å². The average molecular weight is 286 g/mol. The van der Waals surface area contributed by atoms with Gasteiger partial charge in [0.25, 0.3) is 0 Å². The van der Waals surface area contributed by atoms with E-state index in [1.165, 1.54) is 5.56 Å². The van der Waals surface area contributed by atoms with Crippen LogP contribution in [0, 0.1) is 12.8 Å². The molecule has 1 heterocycles. The number of hydrogen-bond acceptors (Lipinski definition) is 2. The summed E-state index contributed by atoms with van der Waals surface area (Å²) in [6.45, 7) is 12.7. The summed E-state index contributed by atoms with van der Waals surface area (Å²) >= 11 is 0. The van der Waals surface area contributed by atoms with Crippen molar-refractivity contribution in [1.82, 2.24) is 9.78 Å². The number of aromatic hydroxyl groups is 1. The van der Waals surface area contributed by atoms with Gasteiger partial charge in [-0.25, -0.2) is 0 Å². The van der Waals surface area contributed by atoms with E-state index in [0.29, 0.717) is 17.4 Å². The van der Waals surface area contributed by atoms with Crippen LogP contribution in [-0.2, 0) is 12.0 Å². The van der Waals surface area contributed by atoms with Gasteiger partial charge >= 0.3 is 0 Å². The lowest BCUT2D eigenvalue weighted by atomic mass is 10.0. The van der Waals surface area contributed by atoms with Crippen molar-refractivity contribution in [1.29, 1.82) is 0 Å². The third-order valence-corrected chi connectivity index (χ3v) is 3.52. The van der Waals surface area contributed by atoms with Crippen molar-refractivity contribution in [2.75, 3.05) is 0 Å². The molecule has 0 saturated carbocycles. The zero-order chi connectivity index (χ0) is 15.8. The van der Waals surface area contributed by atoms with Gasteiger partial charge in [-0.3, -0.25) is 4.68 Å². The number of nitrogens with zero attached hydrogens (tertiary/aromatic N) is 2. The minimum atomic E-state index is -0.148. The Morgan fingerprint density at radius 1 is 1.14 bits per heavy atom. The van der Waals surface area contributed by atoms with Crippen molar-refractivity contribution in [3.63, 3.8) is 0 Å². The maximum atomic E-state index is 10.7. The molecular formula is C18H26N2O. The van der Waals surface area contributed by atoms with Crippen LogP contribution in [-0.4, -0.2) is 14.9 Å². The molecule has 0 amide bonds. The van der Waals surface area contributed by atoms with Crippen molar-refractivity contribution < 1.29 is 5.11 Å². The van der Waals surface area contributed by atoms with E-state index in [2.05, 4.69) is 41.5 Å². The molecule has 2 rings (SSSR count). The van der Waals surface area contributed by atoms with Crippen LogP contribution in [0.4, 0.5) is 0 Å². The van der Waals surface area contributed by atoms with E-state index in [9.17, 15) is 5.11 Å². The Kier molecular flexibility index (Phi) is 4.13. The van der Waals surface area contributed by atoms with E-state index >= 15 is 0 Å². The Morgan fingerprint density at radius 3 is 2.19 bits per heavy atom. The predicted octanol–water partition coefficient (Wildman–Crippen LogP) is 4.52. The van der Waals surface area contributed by atoms with Gasteiger partial charge in [-0.05, 0) is 40.0 Å². The number of hydrogen-bond donors (Lipinski definition) is 1. The molecule has 3 nitrogen and oxygen atoms in total. The van der Waals surface area contributed by atoms with Crippen molar-refractivity contribution in [3.05, 3.63) is 35.5 Å². The fourth-order valence-corrected chi connectivity index (χ4v) is 2.48. The summed E-state index contributed by atoms with van der Waals surface area (Å²) in [4.78, 5) is 0. The Labute approximate surface area is 127 Å². The summed E-state index contributed by atoms with van der Waals surface area (Å²) in [5.41, 5.74) is 3.63. The van der Waals surface area contributed by atoms with E-state index in [1.807, 2.05) is 28.9 Å². The Bertz CT molecular complexity index is 616. The summed E-state index contributed by atoms with van der Waals surface area (Å²) < 4.78 is 1.97. The van der Waals surface area contributed by atoms with Crippen molar-refractivity contribution in [2.45, 2.75) is 53.5 Å². The van der Waals surface area contributed by atoms with Crippen LogP contribution in [0.2, 0.25) is 0 Å². The number of rotatable bonds is 3. The average Bonchev–Trinajstić information content (AvgIpc) is 2.68. The molecule has 114 valence electrons. The fraction of sp³-hybridized carbons (Fsp3) is 0.500. The molecule has 21 heavy (non-hydrogen) atoms. The molecule has 1 N–H and O–H groups in total. The largest absolute Gasteiger partial charge is 0.504 e. The van der Waals surface area contributed by atoms with E-state index in [0.717, 1.165) is 17.7 Å². The van der Waals surface area contributed by atoms with Crippen LogP contribution in [0.5, 0.6) is 5.75 Å². The summed E-state index contributed by atoms with van der Waals surface area (Å²) in [6, 6.07) is 8.13. The van der Waals surface area contributed by atoms with Gasteiger partial charge in [-0.2, -0.15) is 5.10 Å². The second-order valence-corrected chi connectivity index (χ2v) is 7.19. The molecule has 2 aromatic rings. The number of aryl methyl sites for hydroxylation is 1. The standard InChI is InChI=1S/C18H26N2O/c1-12(2)11-15-17(21)16(19-20(15)18(4,5)6)14-9-7-13(3)8-10-14/h7-10,12,21H,11H2,1-6H3. The van der Waals surface area contributed by atoms with Crippen LogP contribution < -0.4 is 0 Å². The van der Waals surface area contributed by atoms with Gasteiger partial charge in [0.05, 0.1) is 11.2 Å². The Balaban J connectivity index is 2.58.